The van der Waals surface area contributed by atoms with Crippen LogP contribution in [0.25, 0.3) is 0 Å². The van der Waals surface area contributed by atoms with Crippen LogP contribution >= 0.6 is 11.6 Å². The minimum atomic E-state index is -1.42. The summed E-state index contributed by atoms with van der Waals surface area (Å²) in [5.41, 5.74) is 0.742. The fourth-order valence-electron chi connectivity index (χ4n) is 2.08. The van der Waals surface area contributed by atoms with Crippen molar-refractivity contribution < 1.29 is 4.43 Å². The third-order valence-electron chi connectivity index (χ3n) is 3.27. The van der Waals surface area contributed by atoms with Crippen LogP contribution in [0.1, 0.15) is 33.6 Å². The summed E-state index contributed by atoms with van der Waals surface area (Å²) in [5.74, 6) is 0.784. The average molecular weight is 223 g/mol. The lowest BCUT2D eigenvalue weighted by molar-refractivity contribution is 0.376. The summed E-state index contributed by atoms with van der Waals surface area (Å²) >= 11 is 5.70. The summed E-state index contributed by atoms with van der Waals surface area (Å²) in [6.45, 7) is 6.85. The van der Waals surface area contributed by atoms with Crippen LogP contribution in [0, 0.1) is 0 Å². The van der Waals surface area contributed by atoms with Gasteiger partial charge in [-0.3, -0.25) is 0 Å². The number of hydrogen-bond acceptors (Lipinski definition) is 1. The van der Waals surface area contributed by atoms with Crippen molar-refractivity contribution in [2.45, 2.75) is 51.2 Å². The maximum atomic E-state index is 5.79. The predicted octanol–water partition coefficient (Wildman–Crippen LogP) is 4.03. The van der Waals surface area contributed by atoms with E-state index in [0.29, 0.717) is 0 Å². The van der Waals surface area contributed by atoms with Gasteiger partial charge < -0.3 is 4.43 Å². The molecule has 3 heteroatoms. The van der Waals surface area contributed by atoms with E-state index in [1.54, 1.807) is 0 Å². The van der Waals surface area contributed by atoms with Crippen molar-refractivity contribution in [3.05, 3.63) is 0 Å². The van der Waals surface area contributed by atoms with Gasteiger partial charge in [0.1, 0.15) is 0 Å². The van der Waals surface area contributed by atoms with Gasteiger partial charge in [0, 0.05) is 13.0 Å². The highest BCUT2D eigenvalue weighted by atomic mass is 35.5. The molecule has 1 nitrogen and oxygen atoms in total. The molecule has 0 aromatic heterocycles. The van der Waals surface area contributed by atoms with Gasteiger partial charge in [-0.2, -0.15) is 0 Å². The van der Waals surface area contributed by atoms with Gasteiger partial charge in [-0.05, 0) is 30.5 Å². The van der Waals surface area contributed by atoms with Gasteiger partial charge in [-0.1, -0.05) is 20.8 Å². The van der Waals surface area contributed by atoms with Gasteiger partial charge in [-0.15, -0.1) is 11.6 Å². The Bertz CT molecular complexity index is 118. The van der Waals surface area contributed by atoms with Crippen LogP contribution in [0.3, 0.4) is 0 Å². The molecule has 0 rings (SSSR count). The van der Waals surface area contributed by atoms with Gasteiger partial charge >= 0.3 is 0 Å². The maximum Gasteiger partial charge on any atom is 0.194 e. The number of halogens is 1. The van der Waals surface area contributed by atoms with E-state index < -0.39 is 8.32 Å². The Morgan fingerprint density at radius 2 is 1.85 bits per heavy atom. The quantitative estimate of drug-likeness (QED) is 0.467. The molecule has 0 bridgehead atoms. The highest BCUT2D eigenvalue weighted by Gasteiger charge is 2.35. The molecule has 13 heavy (non-hydrogen) atoms. The van der Waals surface area contributed by atoms with E-state index in [1.165, 1.54) is 18.5 Å². The zero-order chi connectivity index (χ0) is 10.3. The lowest BCUT2D eigenvalue weighted by Gasteiger charge is -2.33. The second-order valence-electron chi connectivity index (χ2n) is 3.71. The molecule has 0 aromatic rings. The van der Waals surface area contributed by atoms with Crippen LogP contribution in [0.2, 0.25) is 17.6 Å². The van der Waals surface area contributed by atoms with Crippen LogP contribution in [0.5, 0.6) is 0 Å². The molecule has 0 aromatic carbocycles. The SMILES string of the molecule is CC[Si](CC)(OC)C(C)CCCCl. The summed E-state index contributed by atoms with van der Waals surface area (Å²) in [6, 6.07) is 2.45. The normalized spacial score (nSPS) is 14.5. The van der Waals surface area contributed by atoms with Crippen LogP contribution in [-0.4, -0.2) is 21.3 Å². The minimum absolute atomic E-state index is 0.742. The molecule has 0 N–H and O–H groups in total. The number of alkyl halides is 1. The molecule has 0 amide bonds. The molecular weight excluding hydrogens is 200 g/mol. The first kappa shape index (κ1) is 13.5. The van der Waals surface area contributed by atoms with Gasteiger partial charge in [0.25, 0.3) is 0 Å². The average Bonchev–Trinajstić information content (AvgIpc) is 2.18. The Balaban J connectivity index is 4.17. The standard InChI is InChI=1S/C10H23ClOSi/c1-5-13(6-2,12-4)10(3)8-7-9-11/h10H,5-9H2,1-4H3. The van der Waals surface area contributed by atoms with E-state index in [2.05, 4.69) is 20.8 Å². The van der Waals surface area contributed by atoms with Crippen molar-refractivity contribution in [2.24, 2.45) is 0 Å². The van der Waals surface area contributed by atoms with Gasteiger partial charge in [-0.25, -0.2) is 0 Å². The van der Waals surface area contributed by atoms with Crippen molar-refractivity contribution in [1.82, 2.24) is 0 Å². The van der Waals surface area contributed by atoms with Gasteiger partial charge in [0.2, 0.25) is 0 Å². The first-order chi connectivity index (χ1) is 6.16. The van der Waals surface area contributed by atoms with Crippen LogP contribution in [0.4, 0.5) is 0 Å². The molecule has 1 unspecified atom stereocenters. The monoisotopic (exact) mass is 222 g/mol. The third-order valence-corrected chi connectivity index (χ3v) is 8.83. The number of hydrogen-bond donors (Lipinski definition) is 0. The van der Waals surface area contributed by atoms with Crippen LogP contribution < -0.4 is 0 Å². The fraction of sp³-hybridized carbons (Fsp3) is 1.00. The molecule has 0 saturated heterocycles. The van der Waals surface area contributed by atoms with E-state index in [1.807, 2.05) is 7.11 Å². The fourth-order valence-corrected chi connectivity index (χ4v) is 5.84. The number of rotatable bonds is 7. The summed E-state index contributed by atoms with van der Waals surface area (Å²) in [7, 11) is 0.469. The van der Waals surface area contributed by atoms with Crippen molar-refractivity contribution in [3.8, 4) is 0 Å². The first-order valence-corrected chi connectivity index (χ1v) is 8.21. The summed E-state index contributed by atoms with van der Waals surface area (Å²) in [4.78, 5) is 0. The van der Waals surface area contributed by atoms with Crippen LogP contribution in [-0.2, 0) is 4.43 Å². The lowest BCUT2D eigenvalue weighted by Crippen LogP contribution is -2.39. The smallest absolute Gasteiger partial charge is 0.194 e. The second kappa shape index (κ2) is 6.85. The van der Waals surface area contributed by atoms with Crippen LogP contribution in [0.15, 0.2) is 0 Å². The zero-order valence-electron chi connectivity index (χ0n) is 9.40. The Hall–Kier alpha value is 0.467. The molecule has 0 aliphatic carbocycles. The maximum absolute atomic E-state index is 5.79. The summed E-state index contributed by atoms with van der Waals surface area (Å²) in [6.07, 6.45) is 2.35. The molecule has 0 saturated carbocycles. The van der Waals surface area contributed by atoms with E-state index in [4.69, 9.17) is 16.0 Å². The van der Waals surface area contributed by atoms with E-state index in [-0.39, 0.29) is 0 Å². The zero-order valence-corrected chi connectivity index (χ0v) is 11.2. The Morgan fingerprint density at radius 1 is 1.31 bits per heavy atom. The topological polar surface area (TPSA) is 9.23 Å². The molecule has 0 heterocycles. The summed E-state index contributed by atoms with van der Waals surface area (Å²) in [5, 5.41) is 0. The van der Waals surface area contributed by atoms with E-state index in [0.717, 1.165) is 17.8 Å². The lowest BCUT2D eigenvalue weighted by atomic mass is 10.3. The molecular formula is C10H23ClOSi. The molecule has 80 valence electrons. The Kier molecular flexibility index (Phi) is 7.10. The molecule has 0 radical (unpaired) electrons. The molecule has 1 atom stereocenters. The van der Waals surface area contributed by atoms with Crippen molar-refractivity contribution >= 4 is 19.9 Å². The first-order valence-electron chi connectivity index (χ1n) is 5.28. The molecule has 0 aliphatic heterocycles. The molecule has 0 aliphatic rings. The van der Waals surface area contributed by atoms with Gasteiger partial charge in [0.05, 0.1) is 0 Å². The van der Waals surface area contributed by atoms with E-state index >= 15 is 0 Å². The largest absolute Gasteiger partial charge is 0.420 e. The highest BCUT2D eigenvalue weighted by molar-refractivity contribution is 6.75. The third kappa shape index (κ3) is 3.60. The second-order valence-corrected chi connectivity index (χ2v) is 9.02. The minimum Gasteiger partial charge on any atom is -0.420 e. The Labute approximate surface area is 88.9 Å². The highest BCUT2D eigenvalue weighted by Crippen LogP contribution is 2.33. The predicted molar refractivity (Wildman–Crippen MR) is 63.1 cm³/mol. The van der Waals surface area contributed by atoms with Gasteiger partial charge in [0.15, 0.2) is 8.32 Å². The van der Waals surface area contributed by atoms with Crippen molar-refractivity contribution in [1.29, 1.82) is 0 Å². The summed E-state index contributed by atoms with van der Waals surface area (Å²) < 4.78 is 5.79. The van der Waals surface area contributed by atoms with Crippen molar-refractivity contribution in [2.75, 3.05) is 13.0 Å². The molecule has 0 fully saturated rings. The van der Waals surface area contributed by atoms with Crippen molar-refractivity contribution in [3.63, 3.8) is 0 Å². The van der Waals surface area contributed by atoms with E-state index in [9.17, 15) is 0 Å². The molecule has 0 spiro atoms. The Morgan fingerprint density at radius 3 is 2.15 bits per heavy atom.